The number of carbonyl (C=O) groups is 1. The number of rotatable bonds is 3. The fourth-order valence-electron chi connectivity index (χ4n) is 0.445. The Labute approximate surface area is 62.7 Å². The van der Waals surface area contributed by atoms with E-state index in [4.69, 9.17) is 5.11 Å². The number of allylic oxidation sites excluding steroid dienone is 1. The van der Waals surface area contributed by atoms with E-state index in [2.05, 4.69) is 15.9 Å². The van der Waals surface area contributed by atoms with Crippen molar-refractivity contribution in [1.29, 1.82) is 0 Å². The standard InChI is InChI=1S/C6H9BrO2/c1-2-3-5(4-7)6(8)9/h3H,2,4H2,1H3,(H,8,9)/b5-3-. The van der Waals surface area contributed by atoms with Crippen LogP contribution in [0.25, 0.3) is 0 Å². The summed E-state index contributed by atoms with van der Waals surface area (Å²) < 4.78 is 0. The molecular formula is C6H9BrO2. The Bertz CT molecular complexity index is 129. The Balaban J connectivity index is 3.98. The van der Waals surface area contributed by atoms with Crippen LogP contribution in [0.15, 0.2) is 11.6 Å². The smallest absolute Gasteiger partial charge is 0.332 e. The van der Waals surface area contributed by atoms with Crippen molar-refractivity contribution in [2.24, 2.45) is 0 Å². The first-order valence-corrected chi connectivity index (χ1v) is 3.82. The minimum Gasteiger partial charge on any atom is -0.478 e. The Kier molecular flexibility index (Phi) is 4.40. The van der Waals surface area contributed by atoms with Crippen LogP contribution in [-0.2, 0) is 4.79 Å². The van der Waals surface area contributed by atoms with Gasteiger partial charge in [0, 0.05) is 10.9 Å². The fraction of sp³-hybridized carbons (Fsp3) is 0.500. The molecule has 0 atom stereocenters. The third-order valence-electron chi connectivity index (χ3n) is 0.869. The quantitative estimate of drug-likeness (QED) is 0.548. The average Bonchev–Trinajstić information content (AvgIpc) is 1.82. The highest BCUT2D eigenvalue weighted by atomic mass is 79.9. The molecule has 0 rings (SSSR count). The molecule has 0 saturated heterocycles. The average molecular weight is 193 g/mol. The Hall–Kier alpha value is -0.310. The Morgan fingerprint density at radius 1 is 1.78 bits per heavy atom. The van der Waals surface area contributed by atoms with Crippen molar-refractivity contribution in [3.8, 4) is 0 Å². The predicted molar refractivity (Wildman–Crippen MR) is 39.8 cm³/mol. The summed E-state index contributed by atoms with van der Waals surface area (Å²) >= 11 is 3.07. The molecule has 0 heterocycles. The maximum atomic E-state index is 10.2. The summed E-state index contributed by atoms with van der Waals surface area (Å²) in [4.78, 5) is 10.2. The summed E-state index contributed by atoms with van der Waals surface area (Å²) in [7, 11) is 0. The molecule has 0 fully saturated rings. The zero-order valence-electron chi connectivity index (χ0n) is 5.22. The van der Waals surface area contributed by atoms with Gasteiger partial charge in [-0.1, -0.05) is 28.9 Å². The lowest BCUT2D eigenvalue weighted by molar-refractivity contribution is -0.132. The third-order valence-corrected chi connectivity index (χ3v) is 1.47. The van der Waals surface area contributed by atoms with Crippen LogP contribution < -0.4 is 0 Å². The van der Waals surface area contributed by atoms with Crippen LogP contribution in [0.5, 0.6) is 0 Å². The number of hydrogen-bond donors (Lipinski definition) is 1. The van der Waals surface area contributed by atoms with E-state index in [1.165, 1.54) is 0 Å². The molecule has 9 heavy (non-hydrogen) atoms. The first-order valence-electron chi connectivity index (χ1n) is 2.70. The molecule has 0 bridgehead atoms. The molecule has 0 aliphatic heterocycles. The van der Waals surface area contributed by atoms with E-state index in [1.54, 1.807) is 6.08 Å². The van der Waals surface area contributed by atoms with Crippen LogP contribution >= 0.6 is 15.9 Å². The predicted octanol–water partition coefficient (Wildman–Crippen LogP) is 1.80. The Morgan fingerprint density at radius 2 is 2.33 bits per heavy atom. The largest absolute Gasteiger partial charge is 0.478 e. The van der Waals surface area contributed by atoms with E-state index in [0.29, 0.717) is 10.9 Å². The molecule has 0 spiro atoms. The van der Waals surface area contributed by atoms with Crippen LogP contribution in [0.1, 0.15) is 13.3 Å². The van der Waals surface area contributed by atoms with Crippen LogP contribution in [0, 0.1) is 0 Å². The van der Waals surface area contributed by atoms with Gasteiger partial charge in [-0.3, -0.25) is 0 Å². The van der Waals surface area contributed by atoms with Crippen LogP contribution in [0.2, 0.25) is 0 Å². The normalized spacial score (nSPS) is 11.6. The molecule has 0 aliphatic rings. The lowest BCUT2D eigenvalue weighted by Gasteiger charge is -1.92. The number of aliphatic carboxylic acids is 1. The molecule has 0 unspecified atom stereocenters. The summed E-state index contributed by atoms with van der Waals surface area (Å²) in [5.74, 6) is -0.839. The molecule has 0 amide bonds. The molecule has 2 nitrogen and oxygen atoms in total. The van der Waals surface area contributed by atoms with Gasteiger partial charge in [0.2, 0.25) is 0 Å². The first-order chi connectivity index (χ1) is 4.22. The number of alkyl halides is 1. The highest BCUT2D eigenvalue weighted by molar-refractivity contribution is 9.09. The van der Waals surface area contributed by atoms with Crippen LogP contribution in [-0.4, -0.2) is 16.4 Å². The molecule has 1 N–H and O–H groups in total. The summed E-state index contributed by atoms with van der Waals surface area (Å²) in [6, 6.07) is 0. The molecule has 0 aromatic carbocycles. The lowest BCUT2D eigenvalue weighted by atomic mass is 10.2. The van der Waals surface area contributed by atoms with Crippen LogP contribution in [0.3, 0.4) is 0 Å². The van der Waals surface area contributed by atoms with Crippen molar-refractivity contribution in [3.05, 3.63) is 11.6 Å². The van der Waals surface area contributed by atoms with Gasteiger partial charge >= 0.3 is 5.97 Å². The summed E-state index contributed by atoms with van der Waals surface area (Å²) in [5.41, 5.74) is 0.428. The van der Waals surface area contributed by atoms with Crippen molar-refractivity contribution in [3.63, 3.8) is 0 Å². The van der Waals surface area contributed by atoms with Gasteiger partial charge < -0.3 is 5.11 Å². The lowest BCUT2D eigenvalue weighted by Crippen LogP contribution is -2.00. The fourth-order valence-corrected chi connectivity index (χ4v) is 0.914. The van der Waals surface area contributed by atoms with Crippen molar-refractivity contribution in [2.75, 3.05) is 5.33 Å². The summed E-state index contributed by atoms with van der Waals surface area (Å²) in [6.07, 6.45) is 2.46. The van der Waals surface area contributed by atoms with Gasteiger partial charge in [-0.15, -0.1) is 0 Å². The molecule has 0 saturated carbocycles. The van der Waals surface area contributed by atoms with Crippen molar-refractivity contribution >= 4 is 21.9 Å². The summed E-state index contributed by atoms with van der Waals surface area (Å²) in [5, 5.41) is 8.83. The van der Waals surface area contributed by atoms with E-state index >= 15 is 0 Å². The second-order valence-corrected chi connectivity index (χ2v) is 2.14. The molecule has 0 aromatic rings. The minimum atomic E-state index is -0.839. The number of carboxylic acids is 1. The second kappa shape index (κ2) is 4.56. The van der Waals surface area contributed by atoms with Crippen molar-refractivity contribution in [2.45, 2.75) is 13.3 Å². The zero-order valence-corrected chi connectivity index (χ0v) is 6.81. The molecule has 0 radical (unpaired) electrons. The molecule has 3 heteroatoms. The highest BCUT2D eigenvalue weighted by Gasteiger charge is 2.01. The minimum absolute atomic E-state index is 0.427. The zero-order chi connectivity index (χ0) is 7.28. The van der Waals surface area contributed by atoms with Gasteiger partial charge in [0.05, 0.1) is 0 Å². The van der Waals surface area contributed by atoms with Gasteiger partial charge in [0.1, 0.15) is 0 Å². The van der Waals surface area contributed by atoms with E-state index in [9.17, 15) is 4.79 Å². The van der Waals surface area contributed by atoms with E-state index < -0.39 is 5.97 Å². The molecule has 0 aromatic heterocycles. The van der Waals surface area contributed by atoms with Crippen LogP contribution in [0.4, 0.5) is 0 Å². The van der Waals surface area contributed by atoms with Crippen molar-refractivity contribution < 1.29 is 9.90 Å². The maximum Gasteiger partial charge on any atom is 0.332 e. The SMILES string of the molecule is CC/C=C(/CBr)C(=O)O. The summed E-state index contributed by atoms with van der Waals surface area (Å²) in [6.45, 7) is 1.91. The van der Waals surface area contributed by atoms with Gasteiger partial charge in [0.25, 0.3) is 0 Å². The Morgan fingerprint density at radius 3 is 2.44 bits per heavy atom. The van der Waals surface area contributed by atoms with E-state index in [1.807, 2.05) is 6.92 Å². The van der Waals surface area contributed by atoms with Crippen molar-refractivity contribution in [1.82, 2.24) is 0 Å². The number of hydrogen-bond acceptors (Lipinski definition) is 1. The van der Waals surface area contributed by atoms with Gasteiger partial charge in [0.15, 0.2) is 0 Å². The molecular weight excluding hydrogens is 184 g/mol. The number of halogens is 1. The maximum absolute atomic E-state index is 10.2. The third kappa shape index (κ3) is 3.30. The highest BCUT2D eigenvalue weighted by Crippen LogP contribution is 2.00. The van der Waals surface area contributed by atoms with Gasteiger partial charge in [-0.05, 0) is 6.42 Å². The topological polar surface area (TPSA) is 37.3 Å². The monoisotopic (exact) mass is 192 g/mol. The molecule has 52 valence electrons. The van der Waals surface area contributed by atoms with Gasteiger partial charge in [-0.25, -0.2) is 4.79 Å². The molecule has 0 aliphatic carbocycles. The first kappa shape index (κ1) is 8.69. The van der Waals surface area contributed by atoms with E-state index in [-0.39, 0.29) is 0 Å². The number of carboxylic acid groups (broad SMARTS) is 1. The van der Waals surface area contributed by atoms with Gasteiger partial charge in [-0.2, -0.15) is 0 Å². The van der Waals surface area contributed by atoms with E-state index in [0.717, 1.165) is 6.42 Å². The second-order valence-electron chi connectivity index (χ2n) is 1.58.